The molecule has 1 saturated carbocycles. The number of hydrogen-bond donors (Lipinski definition) is 1. The van der Waals surface area contributed by atoms with E-state index >= 15 is 0 Å². The maximum absolute atomic E-state index is 11.2. The van der Waals surface area contributed by atoms with Crippen molar-refractivity contribution in [3.8, 4) is 0 Å². The van der Waals surface area contributed by atoms with Crippen molar-refractivity contribution in [1.82, 2.24) is 10.2 Å². The number of rotatable bonds is 5. The minimum Gasteiger partial charge on any atom is -0.311 e. The van der Waals surface area contributed by atoms with Crippen LogP contribution in [0.5, 0.6) is 0 Å². The molecule has 1 aliphatic carbocycles. The van der Waals surface area contributed by atoms with Crippen molar-refractivity contribution < 1.29 is 4.21 Å². The Morgan fingerprint density at radius 1 is 1.47 bits per heavy atom. The predicted molar refractivity (Wildman–Crippen MR) is 64.5 cm³/mol. The normalized spacial score (nSPS) is 31.7. The lowest BCUT2D eigenvalue weighted by Crippen LogP contribution is -2.38. The Morgan fingerprint density at radius 2 is 2.20 bits per heavy atom. The molecule has 1 saturated heterocycles. The molecular weight excluding hydrogens is 208 g/mol. The molecule has 3 atom stereocenters. The van der Waals surface area contributed by atoms with Gasteiger partial charge in [0.05, 0.1) is 0 Å². The average molecular weight is 230 g/mol. The summed E-state index contributed by atoms with van der Waals surface area (Å²) in [5.74, 6) is 0. The van der Waals surface area contributed by atoms with Crippen LogP contribution in [0.25, 0.3) is 0 Å². The van der Waals surface area contributed by atoms with Crippen molar-refractivity contribution in [2.75, 3.05) is 25.9 Å². The molecule has 0 aromatic carbocycles. The van der Waals surface area contributed by atoms with Crippen LogP contribution in [-0.2, 0) is 10.8 Å². The molecule has 0 spiro atoms. The van der Waals surface area contributed by atoms with E-state index in [-0.39, 0.29) is 5.25 Å². The van der Waals surface area contributed by atoms with Crippen LogP contribution >= 0.6 is 0 Å². The average Bonchev–Trinajstić information content (AvgIpc) is 2.95. The molecule has 2 rings (SSSR count). The van der Waals surface area contributed by atoms with Crippen LogP contribution in [0.4, 0.5) is 0 Å². The molecule has 2 fully saturated rings. The highest BCUT2D eigenvalue weighted by Gasteiger charge is 2.34. The number of hydrogen-bond acceptors (Lipinski definition) is 3. The van der Waals surface area contributed by atoms with Gasteiger partial charge >= 0.3 is 0 Å². The van der Waals surface area contributed by atoms with Crippen LogP contribution in [-0.4, -0.2) is 52.3 Å². The van der Waals surface area contributed by atoms with Crippen molar-refractivity contribution in [1.29, 1.82) is 0 Å². The van der Waals surface area contributed by atoms with Crippen LogP contribution in [0.2, 0.25) is 0 Å². The molecule has 0 bridgehead atoms. The van der Waals surface area contributed by atoms with Crippen molar-refractivity contribution in [2.24, 2.45) is 0 Å². The van der Waals surface area contributed by atoms with E-state index in [0.29, 0.717) is 6.04 Å². The molecule has 2 aliphatic rings. The molecule has 1 N–H and O–H groups in total. The molecule has 1 aliphatic heterocycles. The smallest absolute Gasteiger partial charge is 0.0441 e. The first-order valence-corrected chi connectivity index (χ1v) is 7.58. The molecule has 15 heavy (non-hydrogen) atoms. The van der Waals surface area contributed by atoms with Gasteiger partial charge in [0, 0.05) is 54.0 Å². The number of nitrogens with zero attached hydrogens (tertiary/aromatic N) is 1. The summed E-state index contributed by atoms with van der Waals surface area (Å²) >= 11 is 0. The van der Waals surface area contributed by atoms with Gasteiger partial charge in [-0.05, 0) is 26.2 Å². The third-order valence-electron chi connectivity index (χ3n) is 3.54. The second-order valence-corrected chi connectivity index (χ2v) is 6.73. The van der Waals surface area contributed by atoms with E-state index in [1.54, 1.807) is 6.26 Å². The number of likely N-dealkylation sites (tertiary alicyclic amines) is 1. The maximum Gasteiger partial charge on any atom is 0.0441 e. The Balaban J connectivity index is 1.65. The lowest BCUT2D eigenvalue weighted by Gasteiger charge is -2.17. The van der Waals surface area contributed by atoms with Gasteiger partial charge in [-0.25, -0.2) is 0 Å². The molecule has 3 unspecified atom stereocenters. The Bertz CT molecular complexity index is 243. The summed E-state index contributed by atoms with van der Waals surface area (Å²) < 4.78 is 11.2. The molecule has 0 radical (unpaired) electrons. The van der Waals surface area contributed by atoms with E-state index in [1.807, 2.05) is 0 Å². The van der Waals surface area contributed by atoms with E-state index in [0.717, 1.165) is 12.6 Å². The Labute approximate surface area is 95.1 Å². The third-order valence-corrected chi connectivity index (χ3v) is 4.84. The van der Waals surface area contributed by atoms with Crippen molar-refractivity contribution >= 4 is 10.8 Å². The largest absolute Gasteiger partial charge is 0.311 e. The predicted octanol–water partition coefficient (Wildman–Crippen LogP) is 0.580. The Morgan fingerprint density at radius 3 is 2.80 bits per heavy atom. The standard InChI is InChI=1S/C11H22N2OS/c1-9(15(2)14)7-12-10-5-6-13(8-10)11-3-4-11/h9-12H,3-8H2,1-2H3. The quantitative estimate of drug-likeness (QED) is 0.750. The van der Waals surface area contributed by atoms with E-state index < -0.39 is 10.8 Å². The minimum absolute atomic E-state index is 0.278. The third kappa shape index (κ3) is 3.26. The zero-order chi connectivity index (χ0) is 10.8. The summed E-state index contributed by atoms with van der Waals surface area (Å²) in [6, 6.07) is 1.53. The molecule has 0 aromatic rings. The Kier molecular flexibility index (Phi) is 3.80. The van der Waals surface area contributed by atoms with Crippen LogP contribution in [0.3, 0.4) is 0 Å². The molecule has 0 amide bonds. The van der Waals surface area contributed by atoms with Gasteiger partial charge in [-0.2, -0.15) is 0 Å². The van der Waals surface area contributed by atoms with Crippen LogP contribution in [0.15, 0.2) is 0 Å². The topological polar surface area (TPSA) is 32.3 Å². The molecule has 4 heteroatoms. The number of nitrogens with one attached hydrogen (secondary N) is 1. The van der Waals surface area contributed by atoms with Gasteiger partial charge in [0.1, 0.15) is 0 Å². The van der Waals surface area contributed by atoms with Gasteiger partial charge in [-0.15, -0.1) is 0 Å². The zero-order valence-electron chi connectivity index (χ0n) is 9.74. The molecule has 88 valence electrons. The lowest BCUT2D eigenvalue weighted by atomic mass is 10.2. The summed E-state index contributed by atoms with van der Waals surface area (Å²) in [5.41, 5.74) is 0. The van der Waals surface area contributed by atoms with E-state index in [4.69, 9.17) is 0 Å². The molecule has 1 heterocycles. The van der Waals surface area contributed by atoms with Gasteiger partial charge in [-0.3, -0.25) is 9.11 Å². The van der Waals surface area contributed by atoms with E-state index in [2.05, 4.69) is 17.1 Å². The van der Waals surface area contributed by atoms with E-state index in [9.17, 15) is 4.21 Å². The van der Waals surface area contributed by atoms with Gasteiger partial charge in [0.2, 0.25) is 0 Å². The first-order chi connectivity index (χ1) is 7.16. The summed E-state index contributed by atoms with van der Waals surface area (Å²) in [4.78, 5) is 2.60. The van der Waals surface area contributed by atoms with Gasteiger partial charge in [0.15, 0.2) is 0 Å². The molecule has 0 aromatic heterocycles. The zero-order valence-corrected chi connectivity index (χ0v) is 10.6. The summed E-state index contributed by atoms with van der Waals surface area (Å²) in [6.07, 6.45) is 5.86. The highest BCUT2D eigenvalue weighted by atomic mass is 32.2. The summed E-state index contributed by atoms with van der Waals surface area (Å²) in [6.45, 7) is 5.41. The second-order valence-electron chi connectivity index (χ2n) is 4.93. The molecular formula is C11H22N2OS. The first-order valence-electron chi connectivity index (χ1n) is 5.96. The summed E-state index contributed by atoms with van der Waals surface area (Å²) in [7, 11) is -0.692. The van der Waals surface area contributed by atoms with Crippen LogP contribution in [0.1, 0.15) is 26.2 Å². The van der Waals surface area contributed by atoms with Crippen LogP contribution in [0, 0.1) is 0 Å². The Hall–Kier alpha value is 0.0700. The van der Waals surface area contributed by atoms with E-state index in [1.165, 1.54) is 32.4 Å². The van der Waals surface area contributed by atoms with Crippen LogP contribution < -0.4 is 5.32 Å². The highest BCUT2D eigenvalue weighted by Crippen LogP contribution is 2.29. The van der Waals surface area contributed by atoms with Gasteiger partial charge in [0.25, 0.3) is 0 Å². The van der Waals surface area contributed by atoms with Crippen molar-refractivity contribution in [3.05, 3.63) is 0 Å². The fraction of sp³-hybridized carbons (Fsp3) is 1.00. The van der Waals surface area contributed by atoms with Gasteiger partial charge < -0.3 is 5.32 Å². The minimum atomic E-state index is -0.692. The fourth-order valence-electron chi connectivity index (χ4n) is 2.18. The summed E-state index contributed by atoms with van der Waals surface area (Å²) in [5, 5.41) is 3.82. The monoisotopic (exact) mass is 230 g/mol. The molecule has 3 nitrogen and oxygen atoms in total. The van der Waals surface area contributed by atoms with Gasteiger partial charge in [-0.1, -0.05) is 0 Å². The maximum atomic E-state index is 11.2. The van der Waals surface area contributed by atoms with Crippen molar-refractivity contribution in [2.45, 2.75) is 43.5 Å². The lowest BCUT2D eigenvalue weighted by molar-refractivity contribution is 0.318. The fourth-order valence-corrected chi connectivity index (χ4v) is 2.51. The highest BCUT2D eigenvalue weighted by molar-refractivity contribution is 7.84. The van der Waals surface area contributed by atoms with Crippen molar-refractivity contribution in [3.63, 3.8) is 0 Å². The first kappa shape index (κ1) is 11.6. The SMILES string of the molecule is CC(CNC1CCN(C2CC2)C1)S(C)=O. The second kappa shape index (κ2) is 4.93.